The van der Waals surface area contributed by atoms with E-state index in [1.165, 1.54) is 0 Å². The average molecular weight is 252 g/mol. The maximum absolute atomic E-state index is 11.6. The first-order valence-corrected chi connectivity index (χ1v) is 7.09. The summed E-state index contributed by atoms with van der Waals surface area (Å²) >= 11 is 0. The Hall–Kier alpha value is -0.170. The zero-order chi connectivity index (χ0) is 12.8. The van der Waals surface area contributed by atoms with E-state index in [0.717, 1.165) is 6.42 Å². The minimum Gasteiger partial charge on any atom is -0.396 e. The zero-order valence-electron chi connectivity index (χ0n) is 10.6. The summed E-state index contributed by atoms with van der Waals surface area (Å²) in [5.41, 5.74) is -0.219. The van der Waals surface area contributed by atoms with Crippen LogP contribution in [0.3, 0.4) is 0 Å². The van der Waals surface area contributed by atoms with E-state index < -0.39 is 10.2 Å². The Morgan fingerprint density at radius 2 is 1.88 bits per heavy atom. The smallest absolute Gasteiger partial charge is 0.277 e. The summed E-state index contributed by atoms with van der Waals surface area (Å²) in [6.45, 7) is 8.11. The Morgan fingerprint density at radius 1 is 1.31 bits per heavy atom. The molecule has 0 aromatic rings. The Balaban J connectivity index is 4.50. The van der Waals surface area contributed by atoms with Gasteiger partial charge in [0.15, 0.2) is 0 Å². The van der Waals surface area contributed by atoms with Gasteiger partial charge in [-0.2, -0.15) is 13.1 Å². The molecule has 5 nitrogen and oxygen atoms in total. The highest BCUT2D eigenvalue weighted by molar-refractivity contribution is 7.87. The van der Waals surface area contributed by atoms with Crippen molar-refractivity contribution in [2.24, 2.45) is 5.41 Å². The Kier molecular flexibility index (Phi) is 6.47. The third kappa shape index (κ3) is 6.42. The molecule has 0 aliphatic heterocycles. The lowest BCUT2D eigenvalue weighted by Crippen LogP contribution is -2.48. The molecular formula is C10H24N2O3S. The van der Waals surface area contributed by atoms with Gasteiger partial charge in [-0.25, -0.2) is 4.72 Å². The number of hydrogen-bond donors (Lipinski definition) is 3. The molecule has 98 valence electrons. The van der Waals surface area contributed by atoms with Crippen LogP contribution < -0.4 is 9.44 Å². The van der Waals surface area contributed by atoms with Crippen molar-refractivity contribution in [1.82, 2.24) is 9.44 Å². The van der Waals surface area contributed by atoms with E-state index in [-0.39, 0.29) is 18.1 Å². The van der Waals surface area contributed by atoms with Crippen LogP contribution in [0, 0.1) is 5.41 Å². The molecule has 0 heterocycles. The second-order valence-corrected chi connectivity index (χ2v) is 6.48. The summed E-state index contributed by atoms with van der Waals surface area (Å²) < 4.78 is 28.3. The Morgan fingerprint density at radius 3 is 2.25 bits per heavy atom. The quantitative estimate of drug-likeness (QED) is 0.621. The number of hydrogen-bond acceptors (Lipinski definition) is 3. The van der Waals surface area contributed by atoms with Crippen LogP contribution in [0.25, 0.3) is 0 Å². The van der Waals surface area contributed by atoms with Gasteiger partial charge in [-0.3, -0.25) is 0 Å². The molecule has 0 saturated carbocycles. The van der Waals surface area contributed by atoms with Crippen LogP contribution in [0.1, 0.15) is 40.5 Å². The lowest BCUT2D eigenvalue weighted by molar-refractivity contribution is 0.214. The number of aliphatic hydroxyl groups is 1. The summed E-state index contributed by atoms with van der Waals surface area (Å²) in [5, 5.41) is 8.92. The summed E-state index contributed by atoms with van der Waals surface area (Å²) in [6, 6.07) is -0.271. The lowest BCUT2D eigenvalue weighted by atomic mass is 9.86. The zero-order valence-corrected chi connectivity index (χ0v) is 11.4. The standard InChI is InChI=1S/C10H24N2O3S/c1-5-7-11-16(14,15)12-9(6-8-13)10(2,3)4/h9,11-13H,5-8H2,1-4H3. The van der Waals surface area contributed by atoms with E-state index in [9.17, 15) is 8.42 Å². The van der Waals surface area contributed by atoms with Gasteiger partial charge in [0.1, 0.15) is 0 Å². The predicted octanol–water partition coefficient (Wildman–Crippen LogP) is 0.618. The molecule has 0 aromatic heterocycles. The maximum Gasteiger partial charge on any atom is 0.277 e. The van der Waals surface area contributed by atoms with Crippen molar-refractivity contribution >= 4 is 10.2 Å². The Bertz CT molecular complexity index is 283. The third-order valence-corrected chi connectivity index (χ3v) is 3.48. The molecule has 0 radical (unpaired) electrons. The van der Waals surface area contributed by atoms with Crippen molar-refractivity contribution in [1.29, 1.82) is 0 Å². The van der Waals surface area contributed by atoms with Gasteiger partial charge in [-0.05, 0) is 18.3 Å². The van der Waals surface area contributed by atoms with Crippen molar-refractivity contribution in [2.45, 2.75) is 46.6 Å². The molecule has 16 heavy (non-hydrogen) atoms. The van der Waals surface area contributed by atoms with E-state index in [1.54, 1.807) is 0 Å². The fourth-order valence-corrected chi connectivity index (χ4v) is 2.67. The molecule has 0 spiro atoms. The van der Waals surface area contributed by atoms with Gasteiger partial charge >= 0.3 is 0 Å². The SMILES string of the molecule is CCCNS(=O)(=O)NC(CCO)C(C)(C)C. The van der Waals surface area contributed by atoms with Crippen molar-refractivity contribution < 1.29 is 13.5 Å². The molecule has 0 aliphatic carbocycles. The molecule has 3 N–H and O–H groups in total. The summed E-state index contributed by atoms with van der Waals surface area (Å²) in [4.78, 5) is 0. The van der Waals surface area contributed by atoms with Gasteiger partial charge in [0.05, 0.1) is 0 Å². The first kappa shape index (κ1) is 15.8. The van der Waals surface area contributed by atoms with Gasteiger partial charge in [-0.15, -0.1) is 0 Å². The molecule has 0 saturated heterocycles. The molecular weight excluding hydrogens is 228 g/mol. The van der Waals surface area contributed by atoms with Gasteiger partial charge in [0, 0.05) is 19.2 Å². The minimum absolute atomic E-state index is 0.0295. The van der Waals surface area contributed by atoms with Crippen molar-refractivity contribution in [2.75, 3.05) is 13.2 Å². The van der Waals surface area contributed by atoms with Gasteiger partial charge in [0.25, 0.3) is 10.2 Å². The first-order valence-electron chi connectivity index (χ1n) is 5.60. The number of nitrogens with one attached hydrogen (secondary N) is 2. The maximum atomic E-state index is 11.6. The summed E-state index contributed by atoms with van der Waals surface area (Å²) in [7, 11) is -3.46. The van der Waals surface area contributed by atoms with Crippen LogP contribution in [0.5, 0.6) is 0 Å². The molecule has 1 atom stereocenters. The van der Waals surface area contributed by atoms with E-state index >= 15 is 0 Å². The molecule has 0 aliphatic rings. The highest BCUT2D eigenvalue weighted by Gasteiger charge is 2.27. The molecule has 0 bridgehead atoms. The normalized spacial score (nSPS) is 15.1. The van der Waals surface area contributed by atoms with Gasteiger partial charge < -0.3 is 5.11 Å². The van der Waals surface area contributed by atoms with Crippen LogP contribution in [0.15, 0.2) is 0 Å². The topological polar surface area (TPSA) is 78.4 Å². The fraction of sp³-hybridized carbons (Fsp3) is 1.00. The highest BCUT2D eigenvalue weighted by atomic mass is 32.2. The van der Waals surface area contributed by atoms with E-state index in [4.69, 9.17) is 5.11 Å². The van der Waals surface area contributed by atoms with E-state index in [1.807, 2.05) is 27.7 Å². The number of aliphatic hydroxyl groups excluding tert-OH is 1. The predicted molar refractivity (Wildman–Crippen MR) is 65.3 cm³/mol. The average Bonchev–Trinajstić information content (AvgIpc) is 2.12. The minimum atomic E-state index is -3.46. The van der Waals surface area contributed by atoms with Crippen LogP contribution in [-0.2, 0) is 10.2 Å². The van der Waals surface area contributed by atoms with Crippen molar-refractivity contribution in [3.8, 4) is 0 Å². The van der Waals surface area contributed by atoms with Crippen LogP contribution in [0.2, 0.25) is 0 Å². The third-order valence-electron chi connectivity index (χ3n) is 2.30. The molecule has 0 rings (SSSR count). The van der Waals surface area contributed by atoms with Crippen molar-refractivity contribution in [3.05, 3.63) is 0 Å². The molecule has 0 fully saturated rings. The van der Waals surface area contributed by atoms with Gasteiger partial charge in [0.2, 0.25) is 0 Å². The summed E-state index contributed by atoms with van der Waals surface area (Å²) in [6.07, 6.45) is 1.16. The fourth-order valence-electron chi connectivity index (χ4n) is 1.26. The van der Waals surface area contributed by atoms with Gasteiger partial charge in [-0.1, -0.05) is 27.7 Å². The monoisotopic (exact) mass is 252 g/mol. The second-order valence-electron chi connectivity index (χ2n) is 4.95. The lowest BCUT2D eigenvalue weighted by Gasteiger charge is -2.30. The largest absolute Gasteiger partial charge is 0.396 e. The van der Waals surface area contributed by atoms with Crippen LogP contribution in [0.4, 0.5) is 0 Å². The number of rotatable bonds is 7. The van der Waals surface area contributed by atoms with Crippen LogP contribution >= 0.6 is 0 Å². The van der Waals surface area contributed by atoms with E-state index in [2.05, 4.69) is 9.44 Å². The second kappa shape index (κ2) is 6.54. The molecule has 6 heteroatoms. The van der Waals surface area contributed by atoms with Crippen molar-refractivity contribution in [3.63, 3.8) is 0 Å². The highest BCUT2D eigenvalue weighted by Crippen LogP contribution is 2.21. The molecule has 0 amide bonds. The molecule has 0 aromatic carbocycles. The van der Waals surface area contributed by atoms with E-state index in [0.29, 0.717) is 13.0 Å². The molecule has 1 unspecified atom stereocenters. The van der Waals surface area contributed by atoms with Crippen LogP contribution in [-0.4, -0.2) is 32.7 Å². The summed E-state index contributed by atoms with van der Waals surface area (Å²) in [5.74, 6) is 0. The Labute approximate surface area is 98.8 Å². The first-order chi connectivity index (χ1) is 7.23.